The Hall–Kier alpha value is -1.71. The van der Waals surface area contributed by atoms with Gasteiger partial charge in [0.25, 0.3) is 0 Å². The summed E-state index contributed by atoms with van der Waals surface area (Å²) in [4.78, 5) is 9.00. The zero-order valence-corrected chi connectivity index (χ0v) is 7.57. The SMILES string of the molecule is CCOc1ccccc1.NC(N)=O. The third-order valence-electron chi connectivity index (χ3n) is 1.05. The van der Waals surface area contributed by atoms with E-state index in [-0.39, 0.29) is 0 Å². The molecule has 0 bridgehead atoms. The van der Waals surface area contributed by atoms with E-state index >= 15 is 0 Å². The van der Waals surface area contributed by atoms with Crippen molar-refractivity contribution in [2.75, 3.05) is 6.61 Å². The van der Waals surface area contributed by atoms with Crippen molar-refractivity contribution in [3.63, 3.8) is 0 Å². The number of hydrogen-bond donors (Lipinski definition) is 2. The quantitative estimate of drug-likeness (QED) is 0.718. The summed E-state index contributed by atoms with van der Waals surface area (Å²) in [6.07, 6.45) is 0. The number of benzene rings is 1. The normalized spacial score (nSPS) is 8.08. The van der Waals surface area contributed by atoms with E-state index in [4.69, 9.17) is 9.53 Å². The van der Waals surface area contributed by atoms with Gasteiger partial charge in [0.15, 0.2) is 0 Å². The molecule has 1 aromatic carbocycles. The van der Waals surface area contributed by atoms with Crippen LogP contribution in [0.5, 0.6) is 5.75 Å². The topological polar surface area (TPSA) is 78.3 Å². The summed E-state index contributed by atoms with van der Waals surface area (Å²) in [5.74, 6) is 0.944. The molecule has 0 heterocycles. The molecule has 4 heteroatoms. The minimum Gasteiger partial charge on any atom is -0.494 e. The Kier molecular flexibility index (Phi) is 6.05. The fourth-order valence-electron chi connectivity index (χ4n) is 0.683. The van der Waals surface area contributed by atoms with E-state index < -0.39 is 6.03 Å². The van der Waals surface area contributed by atoms with E-state index in [1.807, 2.05) is 37.3 Å². The van der Waals surface area contributed by atoms with Crippen LogP contribution in [-0.2, 0) is 0 Å². The number of rotatable bonds is 2. The largest absolute Gasteiger partial charge is 0.494 e. The highest BCUT2D eigenvalue weighted by Crippen LogP contribution is 2.06. The predicted octanol–water partition coefficient (Wildman–Crippen LogP) is 1.11. The molecule has 1 rings (SSSR count). The van der Waals surface area contributed by atoms with Gasteiger partial charge in [-0.15, -0.1) is 0 Å². The molecule has 2 amide bonds. The molecule has 0 aliphatic rings. The second-order valence-electron chi connectivity index (χ2n) is 2.15. The maximum Gasteiger partial charge on any atom is 0.309 e. The lowest BCUT2D eigenvalue weighted by molar-refractivity contribution is 0.256. The average Bonchev–Trinajstić information content (AvgIpc) is 2.06. The van der Waals surface area contributed by atoms with Crippen molar-refractivity contribution < 1.29 is 9.53 Å². The third-order valence-corrected chi connectivity index (χ3v) is 1.05. The van der Waals surface area contributed by atoms with Crippen LogP contribution in [0.3, 0.4) is 0 Å². The molecule has 0 saturated carbocycles. The molecule has 4 N–H and O–H groups in total. The van der Waals surface area contributed by atoms with Gasteiger partial charge in [-0.3, -0.25) is 0 Å². The van der Waals surface area contributed by atoms with Gasteiger partial charge in [0, 0.05) is 0 Å². The van der Waals surface area contributed by atoms with Gasteiger partial charge in [-0.25, -0.2) is 4.79 Å². The van der Waals surface area contributed by atoms with Gasteiger partial charge in [-0.05, 0) is 19.1 Å². The molecule has 0 aliphatic carbocycles. The molecule has 0 radical (unpaired) electrons. The van der Waals surface area contributed by atoms with E-state index in [1.165, 1.54) is 0 Å². The molecule has 0 aromatic heterocycles. The first-order valence-electron chi connectivity index (χ1n) is 3.89. The summed E-state index contributed by atoms with van der Waals surface area (Å²) in [7, 11) is 0. The van der Waals surface area contributed by atoms with Crippen molar-refractivity contribution in [1.29, 1.82) is 0 Å². The van der Waals surface area contributed by atoms with Crippen LogP contribution in [0.1, 0.15) is 6.92 Å². The summed E-state index contributed by atoms with van der Waals surface area (Å²) in [5.41, 5.74) is 8.50. The molecule has 0 aliphatic heterocycles. The average molecular weight is 182 g/mol. The van der Waals surface area contributed by atoms with Crippen LogP contribution in [-0.4, -0.2) is 12.6 Å². The number of amides is 2. The second-order valence-corrected chi connectivity index (χ2v) is 2.15. The van der Waals surface area contributed by atoms with Crippen molar-refractivity contribution in [2.45, 2.75) is 6.92 Å². The lowest BCUT2D eigenvalue weighted by Crippen LogP contribution is -2.18. The van der Waals surface area contributed by atoms with Gasteiger partial charge in [0.05, 0.1) is 6.61 Å². The van der Waals surface area contributed by atoms with Gasteiger partial charge < -0.3 is 16.2 Å². The van der Waals surface area contributed by atoms with Crippen molar-refractivity contribution in [3.8, 4) is 5.75 Å². The van der Waals surface area contributed by atoms with E-state index in [0.717, 1.165) is 12.4 Å². The molecule has 0 fully saturated rings. The van der Waals surface area contributed by atoms with Crippen molar-refractivity contribution in [1.82, 2.24) is 0 Å². The van der Waals surface area contributed by atoms with E-state index in [2.05, 4.69) is 11.5 Å². The van der Waals surface area contributed by atoms with Crippen LogP contribution in [0.4, 0.5) is 4.79 Å². The first-order valence-corrected chi connectivity index (χ1v) is 3.89. The predicted molar refractivity (Wildman–Crippen MR) is 51.4 cm³/mol. The van der Waals surface area contributed by atoms with Crippen LogP contribution >= 0.6 is 0 Å². The molecule has 0 spiro atoms. The van der Waals surface area contributed by atoms with Crippen LogP contribution in [0, 0.1) is 0 Å². The highest BCUT2D eigenvalue weighted by atomic mass is 16.5. The van der Waals surface area contributed by atoms with E-state index in [0.29, 0.717) is 0 Å². The number of carbonyl (C=O) groups excluding carboxylic acids is 1. The Balaban J connectivity index is 0.000000310. The smallest absolute Gasteiger partial charge is 0.309 e. The number of urea groups is 1. The van der Waals surface area contributed by atoms with Gasteiger partial charge >= 0.3 is 6.03 Å². The second kappa shape index (κ2) is 6.97. The maximum absolute atomic E-state index is 9.00. The molecule has 0 atom stereocenters. The summed E-state index contributed by atoms with van der Waals surface area (Å²) in [6, 6.07) is 8.96. The van der Waals surface area contributed by atoms with Gasteiger partial charge in [0.1, 0.15) is 5.75 Å². The van der Waals surface area contributed by atoms with Gasteiger partial charge in [0.2, 0.25) is 0 Å². The fourth-order valence-corrected chi connectivity index (χ4v) is 0.683. The molecule has 1 aromatic rings. The lowest BCUT2D eigenvalue weighted by atomic mass is 10.3. The van der Waals surface area contributed by atoms with Crippen molar-refractivity contribution in [3.05, 3.63) is 30.3 Å². The first kappa shape index (κ1) is 11.3. The molecule has 72 valence electrons. The molecule has 13 heavy (non-hydrogen) atoms. The summed E-state index contributed by atoms with van der Waals surface area (Å²) in [6.45, 7) is 2.72. The maximum atomic E-state index is 9.00. The molecule has 4 nitrogen and oxygen atoms in total. The van der Waals surface area contributed by atoms with Gasteiger partial charge in [-0.2, -0.15) is 0 Å². The highest BCUT2D eigenvalue weighted by Gasteiger charge is 1.83. The van der Waals surface area contributed by atoms with Crippen LogP contribution < -0.4 is 16.2 Å². The van der Waals surface area contributed by atoms with E-state index in [9.17, 15) is 0 Å². The minimum atomic E-state index is -0.833. The molecular weight excluding hydrogens is 168 g/mol. The standard InChI is InChI=1S/C8H10O.CH4N2O/c1-2-9-8-6-4-3-5-7-8;2-1(3)4/h3-7H,2H2,1H3;(H4,2,3,4). The number of hydrogen-bond acceptors (Lipinski definition) is 2. The summed E-state index contributed by atoms with van der Waals surface area (Å²) in [5, 5.41) is 0. The van der Waals surface area contributed by atoms with E-state index in [1.54, 1.807) is 0 Å². The Morgan fingerprint density at radius 3 is 2.15 bits per heavy atom. The Labute approximate surface area is 77.5 Å². The number of primary amides is 2. The van der Waals surface area contributed by atoms with Crippen LogP contribution in [0.2, 0.25) is 0 Å². The Bertz CT molecular complexity index is 233. The van der Waals surface area contributed by atoms with Crippen LogP contribution in [0.25, 0.3) is 0 Å². The number of para-hydroxylation sites is 1. The summed E-state index contributed by atoms with van der Waals surface area (Å²) >= 11 is 0. The fraction of sp³-hybridized carbons (Fsp3) is 0.222. The number of nitrogens with two attached hydrogens (primary N) is 2. The molecule has 0 saturated heterocycles. The lowest BCUT2D eigenvalue weighted by Gasteiger charge is -1.99. The minimum absolute atomic E-state index is 0.740. The van der Waals surface area contributed by atoms with Crippen molar-refractivity contribution in [2.24, 2.45) is 11.5 Å². The zero-order chi connectivity index (χ0) is 10.1. The highest BCUT2D eigenvalue weighted by molar-refractivity contribution is 5.69. The van der Waals surface area contributed by atoms with Crippen LogP contribution in [0.15, 0.2) is 30.3 Å². The zero-order valence-electron chi connectivity index (χ0n) is 7.57. The summed E-state index contributed by atoms with van der Waals surface area (Å²) < 4.78 is 5.21. The number of ether oxygens (including phenoxy) is 1. The Morgan fingerprint density at radius 1 is 1.31 bits per heavy atom. The van der Waals surface area contributed by atoms with Gasteiger partial charge in [-0.1, -0.05) is 18.2 Å². The molecule has 0 unspecified atom stereocenters. The molecular formula is C9H14N2O2. The monoisotopic (exact) mass is 182 g/mol. The Morgan fingerprint density at radius 2 is 1.77 bits per heavy atom. The van der Waals surface area contributed by atoms with Crippen molar-refractivity contribution >= 4 is 6.03 Å². The third kappa shape index (κ3) is 8.19. The number of carbonyl (C=O) groups is 1. The first-order chi connectivity index (χ1) is 6.16.